The van der Waals surface area contributed by atoms with Gasteiger partial charge in [-0.25, -0.2) is 0 Å². The molecule has 2 aliphatic heterocycles. The summed E-state index contributed by atoms with van der Waals surface area (Å²) in [5, 5.41) is 9.40. The van der Waals surface area contributed by atoms with Crippen LogP contribution in [-0.4, -0.2) is 66.7 Å². The smallest absolute Gasteiger partial charge is 0.309 e. The number of amides is 1. The van der Waals surface area contributed by atoms with Crippen molar-refractivity contribution in [2.24, 2.45) is 5.92 Å². The molecule has 2 fully saturated rings. The second-order valence-corrected chi connectivity index (χ2v) is 6.68. The number of nitriles is 1. The van der Waals surface area contributed by atoms with Gasteiger partial charge in [0, 0.05) is 32.4 Å². The van der Waals surface area contributed by atoms with Crippen LogP contribution in [-0.2, 0) is 19.1 Å². The lowest BCUT2D eigenvalue weighted by molar-refractivity contribution is -0.149. The fourth-order valence-electron chi connectivity index (χ4n) is 3.35. The van der Waals surface area contributed by atoms with E-state index in [-0.39, 0.29) is 35.6 Å². The Morgan fingerprint density at radius 1 is 1.24 bits per heavy atom. The van der Waals surface area contributed by atoms with E-state index in [1.807, 2.05) is 24.8 Å². The van der Waals surface area contributed by atoms with Crippen LogP contribution in [0.25, 0.3) is 0 Å². The average Bonchev–Trinajstić information content (AvgIpc) is 2.59. The van der Waals surface area contributed by atoms with Gasteiger partial charge in [-0.3, -0.25) is 9.59 Å². The van der Waals surface area contributed by atoms with Gasteiger partial charge in [-0.15, -0.1) is 0 Å². The maximum Gasteiger partial charge on any atom is 0.309 e. The lowest BCUT2D eigenvalue weighted by Crippen LogP contribution is -2.48. The van der Waals surface area contributed by atoms with E-state index in [1.54, 1.807) is 18.0 Å². The SMILES string of the molecule is CCOC(=O)C1CCN(/C=C(/C#N)C(=O)N2CC(C)OC(C)C2)CC1. The van der Waals surface area contributed by atoms with Crippen molar-refractivity contribution in [3.8, 4) is 6.07 Å². The van der Waals surface area contributed by atoms with E-state index in [2.05, 4.69) is 0 Å². The minimum atomic E-state index is -0.253. The number of nitrogens with zero attached hydrogens (tertiary/aromatic N) is 3. The molecule has 7 nitrogen and oxygen atoms in total. The number of carbonyl (C=O) groups is 2. The van der Waals surface area contributed by atoms with E-state index in [1.165, 1.54) is 0 Å². The van der Waals surface area contributed by atoms with Crippen molar-refractivity contribution in [2.75, 3.05) is 32.8 Å². The first kappa shape index (κ1) is 19.3. The molecular formula is C18H27N3O4. The van der Waals surface area contributed by atoms with E-state index < -0.39 is 0 Å². The molecule has 0 aliphatic carbocycles. The number of carbonyl (C=O) groups excluding carboxylic acids is 2. The molecule has 1 amide bonds. The van der Waals surface area contributed by atoms with Crippen molar-refractivity contribution in [1.82, 2.24) is 9.80 Å². The van der Waals surface area contributed by atoms with Crippen molar-refractivity contribution >= 4 is 11.9 Å². The molecule has 0 spiro atoms. The molecule has 2 saturated heterocycles. The predicted molar refractivity (Wildman–Crippen MR) is 91.2 cm³/mol. The van der Waals surface area contributed by atoms with E-state index >= 15 is 0 Å². The van der Waals surface area contributed by atoms with Crippen molar-refractivity contribution in [1.29, 1.82) is 5.26 Å². The Bertz CT molecular complexity index is 551. The summed E-state index contributed by atoms with van der Waals surface area (Å²) in [5.41, 5.74) is 0.135. The number of ether oxygens (including phenoxy) is 2. The van der Waals surface area contributed by atoms with Crippen LogP contribution in [0.5, 0.6) is 0 Å². The van der Waals surface area contributed by atoms with Gasteiger partial charge in [0.15, 0.2) is 0 Å². The highest BCUT2D eigenvalue weighted by molar-refractivity contribution is 5.97. The second-order valence-electron chi connectivity index (χ2n) is 6.68. The monoisotopic (exact) mass is 349 g/mol. The van der Waals surface area contributed by atoms with Crippen LogP contribution >= 0.6 is 0 Å². The van der Waals surface area contributed by atoms with Gasteiger partial charge in [0.05, 0.1) is 24.7 Å². The molecule has 0 aromatic carbocycles. The van der Waals surface area contributed by atoms with Crippen LogP contribution in [0.2, 0.25) is 0 Å². The van der Waals surface area contributed by atoms with Gasteiger partial charge in [0.1, 0.15) is 11.6 Å². The Morgan fingerprint density at radius 3 is 2.36 bits per heavy atom. The Hall–Kier alpha value is -2.07. The largest absolute Gasteiger partial charge is 0.466 e. The molecule has 0 aromatic rings. The van der Waals surface area contributed by atoms with E-state index in [0.717, 1.165) is 0 Å². The molecule has 0 N–H and O–H groups in total. The van der Waals surface area contributed by atoms with Crippen molar-refractivity contribution in [2.45, 2.75) is 45.8 Å². The first-order chi connectivity index (χ1) is 11.9. The zero-order chi connectivity index (χ0) is 18.4. The summed E-state index contributed by atoms with van der Waals surface area (Å²) in [5.74, 6) is -0.497. The quantitative estimate of drug-likeness (QED) is 0.432. The fraction of sp³-hybridized carbons (Fsp3) is 0.722. The van der Waals surface area contributed by atoms with E-state index in [9.17, 15) is 14.9 Å². The summed E-state index contributed by atoms with van der Waals surface area (Å²) >= 11 is 0. The van der Waals surface area contributed by atoms with Crippen molar-refractivity contribution < 1.29 is 19.1 Å². The molecule has 138 valence electrons. The average molecular weight is 349 g/mol. The number of esters is 1. The zero-order valence-corrected chi connectivity index (χ0v) is 15.2. The summed E-state index contributed by atoms with van der Waals surface area (Å²) in [7, 11) is 0. The van der Waals surface area contributed by atoms with Gasteiger partial charge in [0.2, 0.25) is 0 Å². The van der Waals surface area contributed by atoms with Gasteiger partial charge in [0.25, 0.3) is 5.91 Å². The molecule has 0 bridgehead atoms. The standard InChI is InChI=1S/C18H27N3O4/c1-4-24-18(23)15-5-7-20(8-6-15)12-16(9-19)17(22)21-10-13(2)25-14(3)11-21/h12-15H,4-8,10-11H2,1-3H3/b16-12-. The molecule has 0 aromatic heterocycles. The van der Waals surface area contributed by atoms with Crippen molar-refractivity contribution in [3.63, 3.8) is 0 Å². The number of morpholine rings is 1. The molecule has 7 heteroatoms. The maximum atomic E-state index is 12.6. The third-order valence-electron chi connectivity index (χ3n) is 4.52. The Balaban J connectivity index is 1.95. The Kier molecular flexibility index (Phi) is 6.82. The molecule has 2 heterocycles. The van der Waals surface area contributed by atoms with Gasteiger partial charge < -0.3 is 19.3 Å². The second kappa shape index (κ2) is 8.86. The van der Waals surface area contributed by atoms with Crippen molar-refractivity contribution in [3.05, 3.63) is 11.8 Å². The lowest BCUT2D eigenvalue weighted by atomic mass is 9.97. The van der Waals surface area contributed by atoms with Gasteiger partial charge in [-0.1, -0.05) is 0 Å². The van der Waals surface area contributed by atoms with Crippen LogP contribution in [0.15, 0.2) is 11.8 Å². The molecule has 2 aliphatic rings. The minimum Gasteiger partial charge on any atom is -0.466 e. The third kappa shape index (κ3) is 5.20. The first-order valence-corrected chi connectivity index (χ1v) is 8.91. The zero-order valence-electron chi connectivity index (χ0n) is 15.2. The van der Waals surface area contributed by atoms with Gasteiger partial charge >= 0.3 is 5.97 Å². The summed E-state index contributed by atoms with van der Waals surface area (Å²) in [4.78, 5) is 28.0. The normalized spacial score (nSPS) is 25.4. The highest BCUT2D eigenvalue weighted by Crippen LogP contribution is 2.20. The maximum absolute atomic E-state index is 12.6. The van der Waals surface area contributed by atoms with Crippen LogP contribution in [0, 0.1) is 17.2 Å². The molecule has 0 radical (unpaired) electrons. The number of piperidine rings is 1. The molecule has 25 heavy (non-hydrogen) atoms. The van der Waals surface area contributed by atoms with Gasteiger partial charge in [-0.05, 0) is 33.6 Å². The third-order valence-corrected chi connectivity index (χ3v) is 4.52. The highest BCUT2D eigenvalue weighted by atomic mass is 16.5. The highest BCUT2D eigenvalue weighted by Gasteiger charge is 2.29. The summed E-state index contributed by atoms with van der Waals surface area (Å²) in [6.07, 6.45) is 2.91. The minimum absolute atomic E-state index is 0.0343. The van der Waals surface area contributed by atoms with Crippen LogP contribution < -0.4 is 0 Å². The Morgan fingerprint density at radius 2 is 1.84 bits per heavy atom. The van der Waals surface area contributed by atoms with Crippen LogP contribution in [0.3, 0.4) is 0 Å². The molecule has 2 unspecified atom stereocenters. The summed E-state index contributed by atoms with van der Waals surface area (Å²) in [6, 6.07) is 2.03. The molecular weight excluding hydrogens is 322 g/mol. The lowest BCUT2D eigenvalue weighted by Gasteiger charge is -2.35. The number of likely N-dealkylation sites (tertiary alicyclic amines) is 1. The summed E-state index contributed by atoms with van der Waals surface area (Å²) < 4.78 is 10.7. The predicted octanol–water partition coefficient (Wildman–Crippen LogP) is 1.30. The molecule has 0 saturated carbocycles. The Labute approximate surface area is 149 Å². The number of hydrogen-bond acceptors (Lipinski definition) is 6. The molecule has 2 rings (SSSR count). The van der Waals surface area contributed by atoms with Gasteiger partial charge in [-0.2, -0.15) is 5.26 Å². The number of rotatable bonds is 4. The number of hydrogen-bond donors (Lipinski definition) is 0. The van der Waals surface area contributed by atoms with E-state index in [0.29, 0.717) is 45.6 Å². The molecule has 2 atom stereocenters. The van der Waals surface area contributed by atoms with Crippen LogP contribution in [0.4, 0.5) is 0 Å². The van der Waals surface area contributed by atoms with E-state index in [4.69, 9.17) is 9.47 Å². The summed E-state index contributed by atoms with van der Waals surface area (Å²) in [6.45, 7) is 8.30. The topological polar surface area (TPSA) is 82.9 Å². The van der Waals surface area contributed by atoms with Crippen LogP contribution in [0.1, 0.15) is 33.6 Å². The first-order valence-electron chi connectivity index (χ1n) is 8.91. The fourth-order valence-corrected chi connectivity index (χ4v) is 3.35.